The molecule has 3 nitrogen and oxygen atoms in total. The van der Waals surface area contributed by atoms with E-state index in [0.29, 0.717) is 11.1 Å². The Hall–Kier alpha value is -1.91. The largest absolute Gasteiger partial charge is 0.241 e. The topological polar surface area (TPSA) is 60.5 Å². The molecule has 0 atom stereocenters. The van der Waals surface area contributed by atoms with Crippen LogP contribution in [-0.2, 0) is 5.41 Å². The van der Waals surface area contributed by atoms with Gasteiger partial charge in [-0.25, -0.2) is 4.98 Å². The van der Waals surface area contributed by atoms with Crippen LogP contribution in [0, 0.1) is 22.7 Å². The third kappa shape index (κ3) is 1.88. The van der Waals surface area contributed by atoms with Crippen LogP contribution in [-0.4, -0.2) is 4.98 Å². The van der Waals surface area contributed by atoms with E-state index >= 15 is 0 Å². The first-order chi connectivity index (χ1) is 7.97. The lowest BCUT2D eigenvalue weighted by molar-refractivity contribution is 0.587. The van der Waals surface area contributed by atoms with E-state index in [0.717, 1.165) is 15.2 Å². The third-order valence-electron chi connectivity index (χ3n) is 2.43. The zero-order valence-corrected chi connectivity index (χ0v) is 10.7. The van der Waals surface area contributed by atoms with Gasteiger partial charge in [-0.2, -0.15) is 10.5 Å². The maximum atomic E-state index is 9.14. The minimum Gasteiger partial charge on any atom is -0.241 e. The molecule has 1 aromatic heterocycles. The van der Waals surface area contributed by atoms with Gasteiger partial charge in [0.2, 0.25) is 0 Å². The highest BCUT2D eigenvalue weighted by Gasteiger charge is 2.20. The summed E-state index contributed by atoms with van der Waals surface area (Å²) in [6.45, 7) is 6.26. The monoisotopic (exact) mass is 241 g/mol. The Morgan fingerprint density at radius 2 is 1.88 bits per heavy atom. The normalized spacial score (nSPS) is 11.1. The van der Waals surface area contributed by atoms with Crippen molar-refractivity contribution < 1.29 is 0 Å². The zero-order chi connectivity index (χ0) is 12.6. The number of hydrogen-bond donors (Lipinski definition) is 0. The molecule has 2 rings (SSSR count). The van der Waals surface area contributed by atoms with Gasteiger partial charge < -0.3 is 0 Å². The predicted octanol–water partition coefficient (Wildman–Crippen LogP) is 3.34. The van der Waals surface area contributed by atoms with Crippen molar-refractivity contribution in [1.29, 1.82) is 10.5 Å². The molecule has 0 aliphatic heterocycles. The Bertz CT molecular complexity index is 663. The Morgan fingerprint density at radius 3 is 2.41 bits per heavy atom. The molecule has 84 valence electrons. The lowest BCUT2D eigenvalue weighted by atomic mass is 9.98. The Morgan fingerprint density at radius 1 is 1.18 bits per heavy atom. The van der Waals surface area contributed by atoms with Gasteiger partial charge in [0.05, 0.1) is 26.4 Å². The highest BCUT2D eigenvalue weighted by atomic mass is 32.1. The summed E-state index contributed by atoms with van der Waals surface area (Å²) < 4.78 is 0.816. The van der Waals surface area contributed by atoms with Gasteiger partial charge in [-0.15, -0.1) is 11.3 Å². The molecule has 0 aliphatic rings. The van der Waals surface area contributed by atoms with Gasteiger partial charge in [-0.05, 0) is 12.1 Å². The number of benzene rings is 1. The molecule has 2 aromatic rings. The van der Waals surface area contributed by atoms with Crippen molar-refractivity contribution in [3.63, 3.8) is 0 Å². The van der Waals surface area contributed by atoms with Crippen molar-refractivity contribution >= 4 is 21.6 Å². The van der Waals surface area contributed by atoms with Crippen LogP contribution < -0.4 is 0 Å². The van der Waals surface area contributed by atoms with E-state index in [-0.39, 0.29) is 5.41 Å². The molecule has 1 heterocycles. The van der Waals surface area contributed by atoms with Crippen LogP contribution >= 0.6 is 11.3 Å². The molecular weight excluding hydrogens is 230 g/mol. The highest BCUT2D eigenvalue weighted by molar-refractivity contribution is 7.19. The minimum atomic E-state index is -0.0385. The molecule has 0 saturated heterocycles. The van der Waals surface area contributed by atoms with Gasteiger partial charge in [0.1, 0.15) is 12.1 Å². The fourth-order valence-electron chi connectivity index (χ4n) is 1.52. The zero-order valence-electron chi connectivity index (χ0n) is 9.90. The number of aromatic nitrogens is 1. The second-order valence-electron chi connectivity index (χ2n) is 4.83. The summed E-state index contributed by atoms with van der Waals surface area (Å²) in [5.74, 6) is 0. The second-order valence-corrected chi connectivity index (χ2v) is 5.83. The second kappa shape index (κ2) is 3.84. The van der Waals surface area contributed by atoms with Crippen LogP contribution in [0.15, 0.2) is 12.1 Å². The summed E-state index contributed by atoms with van der Waals surface area (Å²) in [5, 5.41) is 19.1. The predicted molar refractivity (Wildman–Crippen MR) is 67.8 cm³/mol. The van der Waals surface area contributed by atoms with Crippen molar-refractivity contribution in [2.24, 2.45) is 0 Å². The number of nitrogens with zero attached hydrogens (tertiary/aromatic N) is 3. The molecule has 0 bridgehead atoms. The molecule has 0 unspecified atom stereocenters. The Balaban J connectivity index is 2.80. The van der Waals surface area contributed by atoms with Crippen LogP contribution in [0.3, 0.4) is 0 Å². The van der Waals surface area contributed by atoms with Crippen LogP contribution in [0.2, 0.25) is 0 Å². The van der Waals surface area contributed by atoms with E-state index in [9.17, 15) is 0 Å². The van der Waals surface area contributed by atoms with E-state index in [4.69, 9.17) is 10.5 Å². The smallest absolute Gasteiger partial charge is 0.102 e. The number of hydrogen-bond acceptors (Lipinski definition) is 4. The Labute approximate surface area is 104 Å². The van der Waals surface area contributed by atoms with Crippen LogP contribution in [0.4, 0.5) is 0 Å². The van der Waals surface area contributed by atoms with E-state index in [1.54, 1.807) is 12.1 Å². The van der Waals surface area contributed by atoms with Crippen molar-refractivity contribution in [2.75, 3.05) is 0 Å². The van der Waals surface area contributed by atoms with Crippen LogP contribution in [0.5, 0.6) is 0 Å². The molecule has 4 heteroatoms. The molecule has 1 aromatic carbocycles. The van der Waals surface area contributed by atoms with Gasteiger partial charge >= 0.3 is 0 Å². The molecule has 0 fully saturated rings. The third-order valence-corrected chi connectivity index (χ3v) is 3.95. The fraction of sp³-hybridized carbons (Fsp3) is 0.308. The quantitative estimate of drug-likeness (QED) is 0.710. The molecule has 0 amide bonds. The molecule has 0 spiro atoms. The first-order valence-electron chi connectivity index (χ1n) is 5.21. The Kier molecular flexibility index (Phi) is 2.61. The van der Waals surface area contributed by atoms with Crippen LogP contribution in [0.1, 0.15) is 36.9 Å². The SMILES string of the molecule is CC(C)(C)c1nc2ccc(C#N)c(C#N)c2s1. The molecule has 0 saturated carbocycles. The van der Waals surface area contributed by atoms with Gasteiger partial charge in [-0.1, -0.05) is 20.8 Å². The number of rotatable bonds is 0. The van der Waals surface area contributed by atoms with Crippen molar-refractivity contribution in [1.82, 2.24) is 4.98 Å². The molecule has 17 heavy (non-hydrogen) atoms. The summed E-state index contributed by atoms with van der Waals surface area (Å²) in [5.41, 5.74) is 1.63. The summed E-state index contributed by atoms with van der Waals surface area (Å²) in [6, 6.07) is 7.61. The number of nitriles is 2. The number of fused-ring (bicyclic) bond motifs is 1. The summed E-state index contributed by atoms with van der Waals surface area (Å²) in [4.78, 5) is 4.53. The lowest BCUT2D eigenvalue weighted by Gasteiger charge is -2.13. The van der Waals surface area contributed by atoms with E-state index in [2.05, 4.69) is 31.8 Å². The standard InChI is InChI=1S/C13H11N3S/c1-13(2,3)12-16-10-5-4-8(6-14)9(7-15)11(10)17-12/h4-5H,1-3H3. The van der Waals surface area contributed by atoms with Crippen molar-refractivity contribution in [3.05, 3.63) is 28.3 Å². The average molecular weight is 241 g/mol. The van der Waals surface area contributed by atoms with Gasteiger partial charge in [0.15, 0.2) is 0 Å². The van der Waals surface area contributed by atoms with Gasteiger partial charge in [0.25, 0.3) is 0 Å². The first kappa shape index (κ1) is 11.6. The summed E-state index contributed by atoms with van der Waals surface area (Å²) >= 11 is 1.50. The van der Waals surface area contributed by atoms with E-state index in [1.807, 2.05) is 6.07 Å². The fourth-order valence-corrected chi connectivity index (χ4v) is 2.64. The molecule has 0 N–H and O–H groups in total. The first-order valence-corrected chi connectivity index (χ1v) is 6.03. The maximum absolute atomic E-state index is 9.14. The summed E-state index contributed by atoms with van der Waals surface area (Å²) in [6.07, 6.45) is 0. The molecule has 0 aliphatic carbocycles. The van der Waals surface area contributed by atoms with Crippen LogP contribution in [0.25, 0.3) is 10.2 Å². The summed E-state index contributed by atoms with van der Waals surface area (Å²) in [7, 11) is 0. The molecular formula is C13H11N3S. The maximum Gasteiger partial charge on any atom is 0.102 e. The lowest BCUT2D eigenvalue weighted by Crippen LogP contribution is -2.09. The van der Waals surface area contributed by atoms with E-state index < -0.39 is 0 Å². The molecule has 0 radical (unpaired) electrons. The number of thiazole rings is 1. The van der Waals surface area contributed by atoms with E-state index in [1.165, 1.54) is 11.3 Å². The highest BCUT2D eigenvalue weighted by Crippen LogP contribution is 2.33. The minimum absolute atomic E-state index is 0.0385. The van der Waals surface area contributed by atoms with Gasteiger partial charge in [-0.3, -0.25) is 0 Å². The van der Waals surface area contributed by atoms with Crippen molar-refractivity contribution in [3.8, 4) is 12.1 Å². The van der Waals surface area contributed by atoms with Crippen molar-refractivity contribution in [2.45, 2.75) is 26.2 Å². The van der Waals surface area contributed by atoms with Gasteiger partial charge in [0, 0.05) is 5.41 Å². The average Bonchev–Trinajstić information content (AvgIpc) is 2.70.